The molecule has 2 aromatic heterocycles. The Kier molecular flexibility index (Phi) is 5.65. The molecule has 0 saturated heterocycles. The summed E-state index contributed by atoms with van der Waals surface area (Å²) in [5.74, 6) is 1.25. The molecule has 0 bridgehead atoms. The number of ether oxygens (including phenoxy) is 1. The molecule has 6 nitrogen and oxygen atoms in total. The molecule has 0 aliphatic carbocycles. The van der Waals surface area contributed by atoms with Gasteiger partial charge in [-0.25, -0.2) is 14.6 Å². The van der Waals surface area contributed by atoms with Gasteiger partial charge in [-0.2, -0.15) is 0 Å². The topological polar surface area (TPSA) is 69.0 Å². The second-order valence-electron chi connectivity index (χ2n) is 9.34. The average molecular weight is 471 g/mol. The van der Waals surface area contributed by atoms with Crippen molar-refractivity contribution in [1.82, 2.24) is 14.6 Å². The highest BCUT2D eigenvalue weighted by Gasteiger charge is 2.34. The summed E-state index contributed by atoms with van der Waals surface area (Å²) >= 11 is 1.54. The number of thioether (sulfide) groups is 1. The summed E-state index contributed by atoms with van der Waals surface area (Å²) in [5.41, 5.74) is 7.78. The maximum Gasteiger partial charge on any atom is 0.244 e. The summed E-state index contributed by atoms with van der Waals surface area (Å²) in [6.45, 7) is 6.48. The third-order valence-electron chi connectivity index (χ3n) is 5.94. The van der Waals surface area contributed by atoms with Gasteiger partial charge in [0.15, 0.2) is 0 Å². The number of allylic oxidation sites excluding steroid dienone is 1. The zero-order valence-electron chi connectivity index (χ0n) is 19.4. The van der Waals surface area contributed by atoms with Crippen LogP contribution in [0.4, 0.5) is 5.69 Å². The number of carbonyl (C=O) groups excluding carboxylic acids is 1. The summed E-state index contributed by atoms with van der Waals surface area (Å²) in [6.07, 6.45) is 7.19. The van der Waals surface area contributed by atoms with Crippen LogP contribution in [-0.2, 0) is 15.0 Å². The molecule has 0 spiro atoms. The van der Waals surface area contributed by atoms with Crippen molar-refractivity contribution >= 4 is 34.8 Å². The van der Waals surface area contributed by atoms with Gasteiger partial charge >= 0.3 is 0 Å². The third-order valence-corrected chi connectivity index (χ3v) is 7.18. The minimum atomic E-state index is -0.559. The highest BCUT2D eigenvalue weighted by atomic mass is 32.2. The van der Waals surface area contributed by atoms with E-state index < -0.39 is 4.75 Å². The number of nitrogens with zero attached hydrogens (tertiary/aromatic N) is 3. The maximum absolute atomic E-state index is 11.9. The molecule has 3 heterocycles. The molecule has 0 saturated carbocycles. The van der Waals surface area contributed by atoms with Gasteiger partial charge in [-0.3, -0.25) is 5.43 Å². The van der Waals surface area contributed by atoms with Crippen molar-refractivity contribution in [2.24, 2.45) is 0 Å². The summed E-state index contributed by atoms with van der Waals surface area (Å²) in [7, 11) is 0. The van der Waals surface area contributed by atoms with Crippen LogP contribution < -0.4 is 10.2 Å². The van der Waals surface area contributed by atoms with Gasteiger partial charge in [0.25, 0.3) is 0 Å². The van der Waals surface area contributed by atoms with Gasteiger partial charge in [0.1, 0.15) is 28.8 Å². The first-order valence-electron chi connectivity index (χ1n) is 11.2. The number of benzene rings is 2. The van der Waals surface area contributed by atoms with Gasteiger partial charge in [0.05, 0.1) is 11.0 Å². The molecule has 0 fully saturated rings. The van der Waals surface area contributed by atoms with E-state index in [1.165, 1.54) is 0 Å². The molecule has 4 aromatic rings. The van der Waals surface area contributed by atoms with Crippen molar-refractivity contribution in [2.45, 2.75) is 37.4 Å². The molecule has 1 aliphatic rings. The number of nitrogens with one attached hydrogen (secondary N) is 1. The van der Waals surface area contributed by atoms with Crippen molar-refractivity contribution < 1.29 is 9.53 Å². The Hall–Kier alpha value is -3.58. The molecular formula is C27H26N4O2S. The molecule has 0 amide bonds. The average Bonchev–Trinajstić information content (AvgIpc) is 3.48. The Balaban J connectivity index is 1.45. The molecule has 5 rings (SSSR count). The Bertz CT molecular complexity index is 1380. The molecule has 0 radical (unpaired) electrons. The van der Waals surface area contributed by atoms with Crippen LogP contribution in [-0.4, -0.2) is 20.9 Å². The zero-order chi connectivity index (χ0) is 23.8. The molecule has 1 N–H and O–H groups in total. The fourth-order valence-corrected chi connectivity index (χ4v) is 5.05. The van der Waals surface area contributed by atoms with E-state index in [4.69, 9.17) is 4.74 Å². The van der Waals surface area contributed by atoms with Crippen LogP contribution in [0.3, 0.4) is 0 Å². The van der Waals surface area contributed by atoms with E-state index in [-0.39, 0.29) is 5.41 Å². The molecule has 7 heteroatoms. The maximum atomic E-state index is 11.9. The number of fused-ring (bicyclic) bond motifs is 1. The molecule has 172 valence electrons. The number of imidazole rings is 1. The van der Waals surface area contributed by atoms with Gasteiger partial charge in [0, 0.05) is 11.8 Å². The van der Waals surface area contributed by atoms with E-state index in [1.54, 1.807) is 24.3 Å². The standard InChI is InChI=1S/C27H26N4O2S/c1-26(2,3)20-8-4-5-10-24(20)33-25-21(9-6-14-28-25)30-31-18-29-22-16-19(11-12-23(22)31)27(17-32)13-7-15-34-27/h4-12,14-18,30H,13H2,1-3H3. The van der Waals surface area contributed by atoms with Crippen molar-refractivity contribution in [3.63, 3.8) is 0 Å². The Morgan fingerprint density at radius 1 is 1.12 bits per heavy atom. The molecule has 1 unspecified atom stereocenters. The third kappa shape index (κ3) is 4.07. The van der Waals surface area contributed by atoms with Crippen LogP contribution in [0.2, 0.25) is 0 Å². The van der Waals surface area contributed by atoms with Crippen LogP contribution in [0.5, 0.6) is 11.6 Å². The zero-order valence-corrected chi connectivity index (χ0v) is 20.2. The molecular weight excluding hydrogens is 444 g/mol. The predicted molar refractivity (Wildman–Crippen MR) is 137 cm³/mol. The summed E-state index contributed by atoms with van der Waals surface area (Å²) in [6, 6.07) is 17.8. The largest absolute Gasteiger partial charge is 0.437 e. The quantitative estimate of drug-likeness (QED) is 0.327. The van der Waals surface area contributed by atoms with Gasteiger partial charge in [0.2, 0.25) is 5.88 Å². The van der Waals surface area contributed by atoms with E-state index in [9.17, 15) is 4.79 Å². The number of anilines is 1. The Morgan fingerprint density at radius 2 is 1.97 bits per heavy atom. The SMILES string of the molecule is CC(C)(C)c1ccccc1Oc1ncccc1Nn1cnc2cc(C3(C=O)CC=CS3)ccc21. The monoisotopic (exact) mass is 470 g/mol. The fourth-order valence-electron chi connectivity index (χ4n) is 4.10. The highest BCUT2D eigenvalue weighted by molar-refractivity contribution is 8.03. The number of rotatable bonds is 6. The number of aromatic nitrogens is 3. The number of aldehydes is 1. The molecule has 2 aromatic carbocycles. The predicted octanol–water partition coefficient (Wildman–Crippen LogP) is 6.44. The van der Waals surface area contributed by atoms with Crippen LogP contribution in [0.25, 0.3) is 11.0 Å². The van der Waals surface area contributed by atoms with Crippen LogP contribution in [0.15, 0.2) is 78.6 Å². The first-order chi connectivity index (χ1) is 16.4. The van der Waals surface area contributed by atoms with E-state index in [0.29, 0.717) is 12.3 Å². The second kappa shape index (κ2) is 8.65. The van der Waals surface area contributed by atoms with Crippen molar-refractivity contribution in [1.29, 1.82) is 0 Å². The smallest absolute Gasteiger partial charge is 0.244 e. The van der Waals surface area contributed by atoms with Gasteiger partial charge in [-0.05, 0) is 53.1 Å². The lowest BCUT2D eigenvalue weighted by Crippen LogP contribution is -2.20. The van der Waals surface area contributed by atoms with Crippen molar-refractivity contribution in [3.05, 3.63) is 89.7 Å². The van der Waals surface area contributed by atoms with E-state index in [0.717, 1.165) is 39.9 Å². The normalized spacial score (nSPS) is 17.7. The number of hydrogen-bond donors (Lipinski definition) is 1. The second-order valence-corrected chi connectivity index (χ2v) is 10.6. The van der Waals surface area contributed by atoms with E-state index in [1.807, 2.05) is 64.7 Å². The summed E-state index contributed by atoms with van der Waals surface area (Å²) in [5, 5.41) is 1.99. The van der Waals surface area contributed by atoms with E-state index >= 15 is 0 Å². The van der Waals surface area contributed by atoms with Crippen LogP contribution in [0, 0.1) is 0 Å². The number of para-hydroxylation sites is 1. The minimum Gasteiger partial charge on any atom is -0.437 e. The lowest BCUT2D eigenvalue weighted by atomic mass is 9.86. The molecule has 1 aliphatic heterocycles. The van der Waals surface area contributed by atoms with Crippen LogP contribution >= 0.6 is 11.8 Å². The first-order valence-corrected chi connectivity index (χ1v) is 12.0. The molecule has 34 heavy (non-hydrogen) atoms. The van der Waals surface area contributed by atoms with E-state index in [2.05, 4.69) is 42.2 Å². The highest BCUT2D eigenvalue weighted by Crippen LogP contribution is 2.44. The van der Waals surface area contributed by atoms with Gasteiger partial charge < -0.3 is 9.53 Å². The summed E-state index contributed by atoms with van der Waals surface area (Å²) in [4.78, 5) is 20.9. The molecule has 1 atom stereocenters. The number of pyridine rings is 1. The van der Waals surface area contributed by atoms with Gasteiger partial charge in [-0.1, -0.05) is 51.1 Å². The summed E-state index contributed by atoms with van der Waals surface area (Å²) < 4.78 is 7.57. The Labute approximate surface area is 203 Å². The fraction of sp³-hybridized carbons (Fsp3) is 0.222. The Morgan fingerprint density at radius 3 is 2.74 bits per heavy atom. The van der Waals surface area contributed by atoms with Crippen LogP contribution in [0.1, 0.15) is 38.3 Å². The number of hydrogen-bond acceptors (Lipinski definition) is 6. The van der Waals surface area contributed by atoms with Gasteiger partial charge in [-0.15, -0.1) is 11.8 Å². The lowest BCUT2D eigenvalue weighted by Gasteiger charge is -2.23. The van der Waals surface area contributed by atoms with Crippen molar-refractivity contribution in [2.75, 3.05) is 5.43 Å². The number of carbonyl (C=O) groups is 1. The first kappa shape index (κ1) is 22.2. The lowest BCUT2D eigenvalue weighted by molar-refractivity contribution is -0.109. The minimum absolute atomic E-state index is 0.0662. The van der Waals surface area contributed by atoms with Crippen molar-refractivity contribution in [3.8, 4) is 11.6 Å².